The Morgan fingerprint density at radius 3 is 1.60 bits per heavy atom. The van der Waals surface area contributed by atoms with Crippen molar-refractivity contribution < 1.29 is 4.42 Å². The Bertz CT molecular complexity index is 2440. The van der Waals surface area contributed by atoms with Crippen molar-refractivity contribution in [3.05, 3.63) is 158 Å². The maximum atomic E-state index is 6.61. The molecule has 0 unspecified atom stereocenters. The van der Waals surface area contributed by atoms with Crippen LogP contribution in [-0.2, 0) is 0 Å². The molecule has 0 aliphatic heterocycles. The molecule has 9 rings (SSSR count). The number of furan rings is 1. The van der Waals surface area contributed by atoms with Gasteiger partial charge in [0.1, 0.15) is 11.2 Å². The molecular formula is C42H26O. The molecule has 8 aromatic carbocycles. The first-order chi connectivity index (χ1) is 21.3. The fraction of sp³-hybridized carbons (Fsp3) is 0. The van der Waals surface area contributed by atoms with Gasteiger partial charge < -0.3 is 4.42 Å². The largest absolute Gasteiger partial charge is 0.456 e. The summed E-state index contributed by atoms with van der Waals surface area (Å²) in [6.45, 7) is 0. The van der Waals surface area contributed by atoms with Gasteiger partial charge in [0.2, 0.25) is 0 Å². The molecule has 1 heterocycles. The van der Waals surface area contributed by atoms with E-state index in [0.717, 1.165) is 27.5 Å². The molecule has 1 heteroatoms. The van der Waals surface area contributed by atoms with E-state index in [1.807, 2.05) is 0 Å². The predicted octanol–water partition coefficient (Wildman–Crippen LogP) is 12.0. The van der Waals surface area contributed by atoms with Gasteiger partial charge in [0.25, 0.3) is 0 Å². The third-order valence-corrected chi connectivity index (χ3v) is 8.86. The zero-order valence-electron chi connectivity index (χ0n) is 23.4. The zero-order valence-corrected chi connectivity index (χ0v) is 23.4. The first kappa shape index (κ1) is 24.0. The van der Waals surface area contributed by atoms with Gasteiger partial charge in [-0.15, -0.1) is 0 Å². The molecule has 200 valence electrons. The Hall–Kier alpha value is -5.66. The molecule has 0 radical (unpaired) electrons. The second-order valence-corrected chi connectivity index (χ2v) is 11.2. The highest BCUT2D eigenvalue weighted by Crippen LogP contribution is 2.45. The van der Waals surface area contributed by atoms with Crippen molar-refractivity contribution in [1.29, 1.82) is 0 Å². The van der Waals surface area contributed by atoms with Crippen molar-refractivity contribution in [2.24, 2.45) is 0 Å². The molecule has 9 aromatic rings. The van der Waals surface area contributed by atoms with Gasteiger partial charge in [-0.05, 0) is 83.9 Å². The molecule has 43 heavy (non-hydrogen) atoms. The molecule has 1 nitrogen and oxygen atoms in total. The third-order valence-electron chi connectivity index (χ3n) is 8.86. The summed E-state index contributed by atoms with van der Waals surface area (Å²) in [6, 6.07) is 56.6. The van der Waals surface area contributed by atoms with E-state index >= 15 is 0 Å². The van der Waals surface area contributed by atoms with E-state index in [1.165, 1.54) is 60.1 Å². The SMILES string of the molecule is c1ccc(-c2c3ccccc3c(-c3ccc4c(c3)oc3cccc(-c5cccc6ccccc56)c34)c3ccccc23)cc1. The normalized spacial score (nSPS) is 11.7. The Kier molecular flexibility index (Phi) is 5.27. The molecule has 0 bridgehead atoms. The van der Waals surface area contributed by atoms with Crippen molar-refractivity contribution in [3.63, 3.8) is 0 Å². The van der Waals surface area contributed by atoms with E-state index in [2.05, 4.69) is 158 Å². The lowest BCUT2D eigenvalue weighted by molar-refractivity contribution is 0.669. The lowest BCUT2D eigenvalue weighted by Gasteiger charge is -2.17. The molecule has 0 saturated carbocycles. The highest BCUT2D eigenvalue weighted by atomic mass is 16.3. The summed E-state index contributed by atoms with van der Waals surface area (Å²) in [5.74, 6) is 0. The fourth-order valence-electron chi connectivity index (χ4n) is 7.02. The maximum Gasteiger partial charge on any atom is 0.136 e. The molecule has 0 spiro atoms. The van der Waals surface area contributed by atoms with Crippen LogP contribution in [0.25, 0.3) is 87.6 Å². The first-order valence-corrected chi connectivity index (χ1v) is 14.8. The molecule has 0 saturated heterocycles. The van der Waals surface area contributed by atoms with Gasteiger partial charge in [0, 0.05) is 10.8 Å². The zero-order chi connectivity index (χ0) is 28.3. The summed E-state index contributed by atoms with van der Waals surface area (Å²) in [5.41, 5.74) is 9.14. The molecule has 0 atom stereocenters. The van der Waals surface area contributed by atoms with Crippen LogP contribution in [0.5, 0.6) is 0 Å². The van der Waals surface area contributed by atoms with Crippen LogP contribution in [0.4, 0.5) is 0 Å². The first-order valence-electron chi connectivity index (χ1n) is 14.8. The molecule has 1 aromatic heterocycles. The Balaban J connectivity index is 1.32. The van der Waals surface area contributed by atoms with Crippen molar-refractivity contribution in [2.75, 3.05) is 0 Å². The molecule has 0 aliphatic carbocycles. The van der Waals surface area contributed by atoms with Gasteiger partial charge in [0.15, 0.2) is 0 Å². The highest BCUT2D eigenvalue weighted by molar-refractivity contribution is 6.22. The van der Waals surface area contributed by atoms with Crippen LogP contribution in [0, 0.1) is 0 Å². The monoisotopic (exact) mass is 546 g/mol. The van der Waals surface area contributed by atoms with Crippen LogP contribution in [-0.4, -0.2) is 0 Å². The molecular weight excluding hydrogens is 520 g/mol. The van der Waals surface area contributed by atoms with Gasteiger partial charge in [-0.1, -0.05) is 140 Å². The van der Waals surface area contributed by atoms with E-state index < -0.39 is 0 Å². The topological polar surface area (TPSA) is 13.1 Å². The summed E-state index contributed by atoms with van der Waals surface area (Å²) in [4.78, 5) is 0. The fourth-order valence-corrected chi connectivity index (χ4v) is 7.02. The quantitative estimate of drug-likeness (QED) is 0.201. The lowest BCUT2D eigenvalue weighted by Crippen LogP contribution is -1.90. The smallest absolute Gasteiger partial charge is 0.136 e. The number of benzene rings is 8. The van der Waals surface area contributed by atoms with Crippen LogP contribution >= 0.6 is 0 Å². The van der Waals surface area contributed by atoms with E-state index in [4.69, 9.17) is 4.42 Å². The Morgan fingerprint density at radius 1 is 0.326 bits per heavy atom. The molecule has 0 fully saturated rings. The molecule has 0 aliphatic rings. The summed E-state index contributed by atoms with van der Waals surface area (Å²) < 4.78 is 6.61. The lowest BCUT2D eigenvalue weighted by atomic mass is 9.86. The third kappa shape index (κ3) is 3.65. The van der Waals surface area contributed by atoms with Gasteiger partial charge in [-0.2, -0.15) is 0 Å². The minimum absolute atomic E-state index is 0.903. The second kappa shape index (κ2) is 9.44. The van der Waals surface area contributed by atoms with Gasteiger partial charge in [-0.25, -0.2) is 0 Å². The molecule has 0 N–H and O–H groups in total. The van der Waals surface area contributed by atoms with Crippen LogP contribution in [0.1, 0.15) is 0 Å². The average molecular weight is 547 g/mol. The number of rotatable bonds is 3. The number of hydrogen-bond donors (Lipinski definition) is 0. The van der Waals surface area contributed by atoms with Gasteiger partial charge in [0.05, 0.1) is 0 Å². The van der Waals surface area contributed by atoms with Gasteiger partial charge >= 0.3 is 0 Å². The van der Waals surface area contributed by atoms with Crippen molar-refractivity contribution in [1.82, 2.24) is 0 Å². The van der Waals surface area contributed by atoms with Crippen LogP contribution in [0.3, 0.4) is 0 Å². The Labute approximate surface area is 249 Å². The molecule has 0 amide bonds. The van der Waals surface area contributed by atoms with Crippen molar-refractivity contribution in [3.8, 4) is 33.4 Å². The standard InChI is InChI=1S/C42H26O/c1-2-13-28(14-3-1)40-33-17-6-8-19-35(33)41(36-20-9-7-18-34(36)40)29-24-25-37-39(26-29)43-38-23-11-22-32(42(37)38)31-21-10-15-27-12-4-5-16-30(27)31/h1-26H. The number of fused-ring (bicyclic) bond motifs is 6. The highest BCUT2D eigenvalue weighted by Gasteiger charge is 2.19. The van der Waals surface area contributed by atoms with Crippen LogP contribution < -0.4 is 0 Å². The Morgan fingerprint density at radius 2 is 0.884 bits per heavy atom. The summed E-state index contributed by atoms with van der Waals surface area (Å²) in [5, 5.41) is 9.78. The van der Waals surface area contributed by atoms with E-state index in [9.17, 15) is 0 Å². The van der Waals surface area contributed by atoms with E-state index in [0.29, 0.717) is 0 Å². The number of hydrogen-bond acceptors (Lipinski definition) is 1. The van der Waals surface area contributed by atoms with Crippen LogP contribution in [0.15, 0.2) is 162 Å². The van der Waals surface area contributed by atoms with Crippen molar-refractivity contribution in [2.45, 2.75) is 0 Å². The van der Waals surface area contributed by atoms with E-state index in [1.54, 1.807) is 0 Å². The maximum absolute atomic E-state index is 6.61. The average Bonchev–Trinajstić information content (AvgIpc) is 3.45. The van der Waals surface area contributed by atoms with Gasteiger partial charge in [-0.3, -0.25) is 0 Å². The van der Waals surface area contributed by atoms with E-state index in [-0.39, 0.29) is 0 Å². The van der Waals surface area contributed by atoms with Crippen LogP contribution in [0.2, 0.25) is 0 Å². The summed E-state index contributed by atoms with van der Waals surface area (Å²) >= 11 is 0. The van der Waals surface area contributed by atoms with Crippen molar-refractivity contribution >= 4 is 54.3 Å². The summed E-state index contributed by atoms with van der Waals surface area (Å²) in [6.07, 6.45) is 0. The predicted molar refractivity (Wildman–Crippen MR) is 183 cm³/mol. The second-order valence-electron chi connectivity index (χ2n) is 11.2. The summed E-state index contributed by atoms with van der Waals surface area (Å²) in [7, 11) is 0. The minimum atomic E-state index is 0.903. The minimum Gasteiger partial charge on any atom is -0.456 e.